The van der Waals surface area contributed by atoms with Gasteiger partial charge in [-0.15, -0.1) is 11.3 Å². The normalized spacial score (nSPS) is 11.7. The smallest absolute Gasteiger partial charge is 0.283 e. The summed E-state index contributed by atoms with van der Waals surface area (Å²) in [5, 5.41) is 15.2. The van der Waals surface area contributed by atoms with E-state index in [2.05, 4.69) is 10.5 Å². The minimum absolute atomic E-state index is 0.114. The highest BCUT2D eigenvalue weighted by atomic mass is 35.5. The van der Waals surface area contributed by atoms with E-state index in [4.69, 9.17) is 11.6 Å². The number of thiophene rings is 1. The van der Waals surface area contributed by atoms with Gasteiger partial charge in [-0.2, -0.15) is 5.10 Å². The highest BCUT2D eigenvalue weighted by Crippen LogP contribution is 2.35. The summed E-state index contributed by atoms with van der Waals surface area (Å²) in [6.07, 6.45) is 0. The number of aryl methyl sites for hydroxylation is 1. The Morgan fingerprint density at radius 1 is 1.25 bits per heavy atom. The summed E-state index contributed by atoms with van der Waals surface area (Å²) >= 11 is 7.66. The number of phenols is 1. The molecule has 0 aliphatic carbocycles. The molecule has 6 heteroatoms. The van der Waals surface area contributed by atoms with Gasteiger partial charge in [-0.3, -0.25) is 4.79 Å². The Hall–Kier alpha value is -2.37. The third-order valence-corrected chi connectivity index (χ3v) is 5.27. The van der Waals surface area contributed by atoms with Gasteiger partial charge in [-0.25, -0.2) is 5.43 Å². The standard InChI is InChI=1S/C18H15ClN2O2S/c1-10-7-8-13-15(9-10)24-17(16(13)19)18(23)21-20-11(2)12-5-3-4-6-14(12)22/h3-9,22H,1-2H3,(H,21,23). The molecule has 122 valence electrons. The maximum absolute atomic E-state index is 12.4. The zero-order chi connectivity index (χ0) is 17.3. The molecule has 1 heterocycles. The first-order valence-electron chi connectivity index (χ1n) is 7.29. The van der Waals surface area contributed by atoms with Gasteiger partial charge < -0.3 is 5.11 Å². The van der Waals surface area contributed by atoms with Gasteiger partial charge in [0.25, 0.3) is 5.91 Å². The molecule has 3 aromatic rings. The van der Waals surface area contributed by atoms with E-state index in [0.29, 0.717) is 21.2 Å². The molecule has 1 amide bonds. The van der Waals surface area contributed by atoms with E-state index >= 15 is 0 Å². The van der Waals surface area contributed by atoms with E-state index < -0.39 is 0 Å². The van der Waals surface area contributed by atoms with Crippen molar-refractivity contribution in [1.29, 1.82) is 0 Å². The Morgan fingerprint density at radius 3 is 2.75 bits per heavy atom. The highest BCUT2D eigenvalue weighted by Gasteiger charge is 2.17. The molecular weight excluding hydrogens is 344 g/mol. The lowest BCUT2D eigenvalue weighted by atomic mass is 10.1. The number of para-hydroxylation sites is 1. The van der Waals surface area contributed by atoms with Crippen LogP contribution in [0.25, 0.3) is 10.1 Å². The molecule has 0 saturated carbocycles. The second-order valence-electron chi connectivity index (χ2n) is 5.40. The maximum Gasteiger partial charge on any atom is 0.283 e. The van der Waals surface area contributed by atoms with Crippen LogP contribution in [0, 0.1) is 6.92 Å². The molecule has 24 heavy (non-hydrogen) atoms. The number of amides is 1. The summed E-state index contributed by atoms with van der Waals surface area (Å²) in [5.74, 6) is -0.253. The van der Waals surface area contributed by atoms with Gasteiger partial charge in [0, 0.05) is 15.6 Å². The minimum atomic E-state index is -0.367. The zero-order valence-electron chi connectivity index (χ0n) is 13.1. The number of halogens is 1. The van der Waals surface area contributed by atoms with Crippen LogP contribution >= 0.6 is 22.9 Å². The van der Waals surface area contributed by atoms with Crippen molar-refractivity contribution in [3.8, 4) is 5.75 Å². The maximum atomic E-state index is 12.4. The average Bonchev–Trinajstić information content (AvgIpc) is 2.89. The number of nitrogens with one attached hydrogen (secondary N) is 1. The van der Waals surface area contributed by atoms with Gasteiger partial charge in [0.15, 0.2) is 0 Å². The number of hydrogen-bond acceptors (Lipinski definition) is 4. The van der Waals surface area contributed by atoms with Gasteiger partial charge in [-0.1, -0.05) is 35.9 Å². The van der Waals surface area contributed by atoms with Gasteiger partial charge in [-0.05, 0) is 37.6 Å². The zero-order valence-corrected chi connectivity index (χ0v) is 14.7. The Bertz CT molecular complexity index is 963. The van der Waals surface area contributed by atoms with E-state index in [1.165, 1.54) is 11.3 Å². The first-order chi connectivity index (χ1) is 11.5. The molecule has 0 bridgehead atoms. The van der Waals surface area contributed by atoms with E-state index in [0.717, 1.165) is 15.6 Å². The molecule has 0 atom stereocenters. The van der Waals surface area contributed by atoms with Crippen LogP contribution in [0.3, 0.4) is 0 Å². The van der Waals surface area contributed by atoms with Crippen molar-refractivity contribution >= 4 is 44.6 Å². The number of carbonyl (C=O) groups excluding carboxylic acids is 1. The van der Waals surface area contributed by atoms with Crippen molar-refractivity contribution in [2.75, 3.05) is 0 Å². The predicted octanol–water partition coefficient (Wildman–Crippen LogP) is 4.72. The summed E-state index contributed by atoms with van der Waals surface area (Å²) in [6, 6.07) is 12.7. The molecule has 0 unspecified atom stereocenters. The van der Waals surface area contributed by atoms with Crippen molar-refractivity contribution in [2.45, 2.75) is 13.8 Å². The van der Waals surface area contributed by atoms with Crippen molar-refractivity contribution in [2.24, 2.45) is 5.10 Å². The fraction of sp³-hybridized carbons (Fsp3) is 0.111. The lowest BCUT2D eigenvalue weighted by molar-refractivity contribution is 0.0959. The third kappa shape index (κ3) is 3.13. The number of hydrazone groups is 1. The van der Waals surface area contributed by atoms with E-state index in [9.17, 15) is 9.90 Å². The van der Waals surface area contributed by atoms with Crippen LogP contribution in [0.4, 0.5) is 0 Å². The van der Waals surface area contributed by atoms with Crippen molar-refractivity contribution in [3.05, 3.63) is 63.5 Å². The third-order valence-electron chi connectivity index (χ3n) is 3.61. The van der Waals surface area contributed by atoms with Crippen LogP contribution in [0.2, 0.25) is 5.02 Å². The molecule has 1 aromatic heterocycles. The predicted molar refractivity (Wildman–Crippen MR) is 99.4 cm³/mol. The fourth-order valence-corrected chi connectivity index (χ4v) is 3.85. The molecule has 0 spiro atoms. The largest absolute Gasteiger partial charge is 0.507 e. The van der Waals surface area contributed by atoms with Crippen LogP contribution in [0.5, 0.6) is 5.75 Å². The van der Waals surface area contributed by atoms with Crippen LogP contribution in [0.1, 0.15) is 27.7 Å². The number of hydrogen-bond donors (Lipinski definition) is 2. The van der Waals surface area contributed by atoms with Crippen LogP contribution in [-0.2, 0) is 0 Å². The number of carbonyl (C=O) groups is 1. The Kier molecular flexibility index (Phi) is 4.55. The first-order valence-corrected chi connectivity index (χ1v) is 8.48. The minimum Gasteiger partial charge on any atom is -0.507 e. The number of nitrogens with zero attached hydrogens (tertiary/aromatic N) is 1. The van der Waals surface area contributed by atoms with Gasteiger partial charge in [0.05, 0.1) is 10.7 Å². The summed E-state index contributed by atoms with van der Waals surface area (Å²) in [6.45, 7) is 3.71. The summed E-state index contributed by atoms with van der Waals surface area (Å²) in [7, 11) is 0. The molecule has 3 rings (SSSR count). The summed E-state index contributed by atoms with van der Waals surface area (Å²) < 4.78 is 0.964. The van der Waals surface area contributed by atoms with Crippen LogP contribution in [-0.4, -0.2) is 16.7 Å². The Balaban J connectivity index is 1.86. The Morgan fingerprint density at radius 2 is 2.00 bits per heavy atom. The van der Waals surface area contributed by atoms with E-state index in [-0.39, 0.29) is 11.7 Å². The highest BCUT2D eigenvalue weighted by molar-refractivity contribution is 7.21. The van der Waals surface area contributed by atoms with E-state index in [1.54, 1.807) is 31.2 Å². The van der Waals surface area contributed by atoms with Gasteiger partial charge in [0.1, 0.15) is 10.6 Å². The average molecular weight is 359 g/mol. The van der Waals surface area contributed by atoms with Crippen molar-refractivity contribution in [3.63, 3.8) is 0 Å². The molecule has 0 radical (unpaired) electrons. The molecule has 2 N–H and O–H groups in total. The lowest BCUT2D eigenvalue weighted by Gasteiger charge is -2.04. The SMILES string of the molecule is CC(=NNC(=O)c1sc2cc(C)ccc2c1Cl)c1ccccc1O. The lowest BCUT2D eigenvalue weighted by Crippen LogP contribution is -2.18. The van der Waals surface area contributed by atoms with E-state index in [1.807, 2.05) is 25.1 Å². The quantitative estimate of drug-likeness (QED) is 0.525. The number of fused-ring (bicyclic) bond motifs is 1. The monoisotopic (exact) mass is 358 g/mol. The fourth-order valence-electron chi connectivity index (χ4n) is 2.34. The number of benzene rings is 2. The number of aromatic hydroxyl groups is 1. The molecule has 0 fully saturated rings. The Labute approximate surface area is 148 Å². The topological polar surface area (TPSA) is 61.7 Å². The molecular formula is C18H15ClN2O2S. The summed E-state index contributed by atoms with van der Waals surface area (Å²) in [4.78, 5) is 12.8. The second-order valence-corrected chi connectivity index (χ2v) is 6.83. The van der Waals surface area contributed by atoms with Crippen molar-refractivity contribution < 1.29 is 9.90 Å². The summed E-state index contributed by atoms with van der Waals surface area (Å²) in [5.41, 5.74) is 4.69. The molecule has 0 aliphatic heterocycles. The molecule has 2 aromatic carbocycles. The number of rotatable bonds is 3. The van der Waals surface area contributed by atoms with Gasteiger partial charge in [0.2, 0.25) is 0 Å². The first kappa shape index (κ1) is 16.5. The van der Waals surface area contributed by atoms with Crippen molar-refractivity contribution in [1.82, 2.24) is 5.43 Å². The van der Waals surface area contributed by atoms with Gasteiger partial charge >= 0.3 is 0 Å². The molecule has 0 aliphatic rings. The van der Waals surface area contributed by atoms with Crippen LogP contribution < -0.4 is 5.43 Å². The van der Waals surface area contributed by atoms with Crippen LogP contribution in [0.15, 0.2) is 47.6 Å². The number of phenolic OH excluding ortho intramolecular Hbond substituents is 1. The second kappa shape index (κ2) is 6.63. The molecule has 0 saturated heterocycles. The molecule has 4 nitrogen and oxygen atoms in total.